The number of fused-ring (bicyclic) bond motifs is 1. The van der Waals surface area contributed by atoms with Gasteiger partial charge in [-0.3, -0.25) is 9.69 Å². The lowest BCUT2D eigenvalue weighted by molar-refractivity contribution is -0.117. The van der Waals surface area contributed by atoms with Crippen LogP contribution in [0.4, 0.5) is 5.69 Å². The van der Waals surface area contributed by atoms with Gasteiger partial charge in [-0.15, -0.1) is 11.3 Å². The number of hydrogen-bond donors (Lipinski definition) is 1. The van der Waals surface area contributed by atoms with Gasteiger partial charge in [0.2, 0.25) is 15.9 Å². The molecule has 1 aliphatic heterocycles. The largest absolute Gasteiger partial charge is 0.495 e. The lowest BCUT2D eigenvalue weighted by atomic mass is 10.1. The number of carbonyl (C=O) groups excluding carboxylic acids is 1. The van der Waals surface area contributed by atoms with Crippen LogP contribution in [0.1, 0.15) is 10.4 Å². The number of ether oxygens (including phenoxy) is 1. The van der Waals surface area contributed by atoms with Crippen molar-refractivity contribution in [3.05, 3.63) is 40.1 Å². The fraction of sp³-hybridized carbons (Fsp3) is 0.389. The fourth-order valence-electron chi connectivity index (χ4n) is 3.00. The van der Waals surface area contributed by atoms with Crippen molar-refractivity contribution >= 4 is 33.0 Å². The molecule has 3 rings (SSSR count). The first kappa shape index (κ1) is 19.8. The summed E-state index contributed by atoms with van der Waals surface area (Å²) >= 11 is 1.76. The smallest absolute Gasteiger partial charge is 0.246 e. The molecule has 0 bridgehead atoms. The number of nitrogens with zero attached hydrogens (tertiary/aromatic N) is 2. The lowest BCUT2D eigenvalue weighted by Crippen LogP contribution is -2.36. The van der Waals surface area contributed by atoms with Crippen LogP contribution in [0, 0.1) is 0 Å². The molecule has 2 aromatic rings. The van der Waals surface area contributed by atoms with Crippen LogP contribution in [0.3, 0.4) is 0 Å². The highest BCUT2D eigenvalue weighted by Gasteiger charge is 2.24. The summed E-state index contributed by atoms with van der Waals surface area (Å²) in [5.74, 6) is 0.0646. The molecule has 27 heavy (non-hydrogen) atoms. The first-order valence-electron chi connectivity index (χ1n) is 8.49. The molecule has 1 N–H and O–H groups in total. The molecule has 0 aliphatic carbocycles. The van der Waals surface area contributed by atoms with Crippen LogP contribution in [-0.4, -0.2) is 57.8 Å². The van der Waals surface area contributed by atoms with Crippen LogP contribution in [0.25, 0.3) is 0 Å². The zero-order valence-corrected chi connectivity index (χ0v) is 17.2. The van der Waals surface area contributed by atoms with E-state index in [9.17, 15) is 13.2 Å². The highest BCUT2D eigenvalue weighted by Crippen LogP contribution is 2.29. The molecule has 9 heteroatoms. The minimum absolute atomic E-state index is 0.0219. The Morgan fingerprint density at radius 3 is 2.81 bits per heavy atom. The molecular weight excluding hydrogens is 386 g/mol. The van der Waals surface area contributed by atoms with E-state index >= 15 is 0 Å². The van der Waals surface area contributed by atoms with E-state index in [-0.39, 0.29) is 23.1 Å². The molecule has 1 aromatic heterocycles. The molecule has 0 saturated heterocycles. The van der Waals surface area contributed by atoms with Gasteiger partial charge < -0.3 is 10.1 Å². The lowest BCUT2D eigenvalue weighted by Gasteiger charge is -2.26. The summed E-state index contributed by atoms with van der Waals surface area (Å²) in [6.07, 6.45) is 0.952. The number of rotatable bonds is 6. The number of thiophene rings is 1. The zero-order valence-electron chi connectivity index (χ0n) is 15.6. The fourth-order valence-corrected chi connectivity index (χ4v) is 4.96. The topological polar surface area (TPSA) is 79.0 Å². The standard InChI is InChI=1S/C18H23N3O4S2/c1-20(2)27(23,24)17-10-14(4-5-15(17)25-3)19-18(22)12-21-8-6-16-13(11-21)7-9-26-16/h4-5,7,9-10H,6,8,11-12H2,1-3H3,(H,19,22). The number of sulfonamides is 1. The van der Waals surface area contributed by atoms with Crippen molar-refractivity contribution in [1.82, 2.24) is 9.21 Å². The van der Waals surface area contributed by atoms with Crippen LogP contribution in [0.2, 0.25) is 0 Å². The molecule has 7 nitrogen and oxygen atoms in total. The van der Waals surface area contributed by atoms with E-state index in [0.29, 0.717) is 5.69 Å². The number of benzene rings is 1. The third kappa shape index (κ3) is 4.32. The average molecular weight is 410 g/mol. The van der Waals surface area contributed by atoms with Crippen LogP contribution in [0.15, 0.2) is 34.5 Å². The van der Waals surface area contributed by atoms with Crippen molar-refractivity contribution in [2.75, 3.05) is 39.6 Å². The number of amides is 1. The van der Waals surface area contributed by atoms with Crippen LogP contribution < -0.4 is 10.1 Å². The molecule has 0 radical (unpaired) electrons. The average Bonchev–Trinajstić information content (AvgIpc) is 3.09. The predicted octanol–water partition coefficient (Wildman–Crippen LogP) is 2.00. The van der Waals surface area contributed by atoms with Crippen molar-refractivity contribution in [2.24, 2.45) is 0 Å². The van der Waals surface area contributed by atoms with Gasteiger partial charge in [0.1, 0.15) is 10.6 Å². The highest BCUT2D eigenvalue weighted by atomic mass is 32.2. The maximum atomic E-state index is 12.5. The summed E-state index contributed by atoms with van der Waals surface area (Å²) in [5.41, 5.74) is 1.71. The second-order valence-corrected chi connectivity index (χ2v) is 9.65. The van der Waals surface area contributed by atoms with Gasteiger partial charge in [0, 0.05) is 37.7 Å². The summed E-state index contributed by atoms with van der Waals surface area (Å²) in [5, 5.41) is 4.87. The van der Waals surface area contributed by atoms with Gasteiger partial charge in [-0.2, -0.15) is 0 Å². The number of nitrogens with one attached hydrogen (secondary N) is 1. The summed E-state index contributed by atoms with van der Waals surface area (Å²) < 4.78 is 31.2. The second kappa shape index (κ2) is 7.97. The van der Waals surface area contributed by atoms with Gasteiger partial charge in [0.15, 0.2) is 0 Å². The Hall–Kier alpha value is -1.94. The molecular formula is C18H23N3O4S2. The van der Waals surface area contributed by atoms with E-state index in [1.165, 1.54) is 37.7 Å². The molecule has 1 aromatic carbocycles. The first-order valence-corrected chi connectivity index (χ1v) is 10.8. The maximum absolute atomic E-state index is 12.5. The van der Waals surface area contributed by atoms with Gasteiger partial charge in [-0.1, -0.05) is 0 Å². The van der Waals surface area contributed by atoms with Crippen LogP contribution in [-0.2, 0) is 27.8 Å². The third-order valence-electron chi connectivity index (χ3n) is 4.46. The molecule has 0 saturated carbocycles. The summed E-state index contributed by atoms with van der Waals surface area (Å²) in [7, 11) is 0.637. The quantitative estimate of drug-likeness (QED) is 0.790. The van der Waals surface area contributed by atoms with Gasteiger partial charge in [0.25, 0.3) is 0 Å². The third-order valence-corrected chi connectivity index (χ3v) is 7.32. The molecule has 0 unspecified atom stereocenters. The number of anilines is 1. The van der Waals surface area contributed by atoms with Crippen molar-refractivity contribution < 1.29 is 17.9 Å². The van der Waals surface area contributed by atoms with Crippen molar-refractivity contribution in [3.63, 3.8) is 0 Å². The minimum atomic E-state index is -3.68. The van der Waals surface area contributed by atoms with E-state index < -0.39 is 10.0 Å². The van der Waals surface area contributed by atoms with Gasteiger partial charge in [-0.25, -0.2) is 12.7 Å². The van der Waals surface area contributed by atoms with Crippen molar-refractivity contribution in [1.29, 1.82) is 0 Å². The second-order valence-electron chi connectivity index (χ2n) is 6.53. The predicted molar refractivity (Wildman–Crippen MR) is 106 cm³/mol. The first-order chi connectivity index (χ1) is 12.8. The van der Waals surface area contributed by atoms with Crippen molar-refractivity contribution in [2.45, 2.75) is 17.9 Å². The van der Waals surface area contributed by atoms with E-state index in [0.717, 1.165) is 23.8 Å². The highest BCUT2D eigenvalue weighted by molar-refractivity contribution is 7.89. The summed E-state index contributed by atoms with van der Waals surface area (Å²) in [6, 6.07) is 6.72. The minimum Gasteiger partial charge on any atom is -0.495 e. The molecule has 2 heterocycles. The Kier molecular flexibility index (Phi) is 5.85. The monoisotopic (exact) mass is 409 g/mol. The van der Waals surface area contributed by atoms with Crippen molar-refractivity contribution in [3.8, 4) is 5.75 Å². The SMILES string of the molecule is COc1ccc(NC(=O)CN2CCc3sccc3C2)cc1S(=O)(=O)N(C)C. The van der Waals surface area contributed by atoms with E-state index in [1.54, 1.807) is 23.5 Å². The van der Waals surface area contributed by atoms with E-state index in [4.69, 9.17) is 4.74 Å². The van der Waals surface area contributed by atoms with Gasteiger partial charge >= 0.3 is 0 Å². The number of hydrogen-bond acceptors (Lipinski definition) is 6. The Labute approximate surface area is 163 Å². The normalized spacial score (nSPS) is 14.8. The Morgan fingerprint density at radius 2 is 2.11 bits per heavy atom. The van der Waals surface area contributed by atoms with Gasteiger partial charge in [-0.05, 0) is 41.6 Å². The Morgan fingerprint density at radius 1 is 1.33 bits per heavy atom. The number of methoxy groups -OCH3 is 1. The zero-order chi connectivity index (χ0) is 19.6. The molecule has 0 fully saturated rings. The number of carbonyl (C=O) groups is 1. The van der Waals surface area contributed by atoms with E-state index in [1.807, 2.05) is 0 Å². The van der Waals surface area contributed by atoms with E-state index in [2.05, 4.69) is 21.7 Å². The Balaban J connectivity index is 1.71. The Bertz CT molecular complexity index is 938. The molecule has 1 amide bonds. The van der Waals surface area contributed by atoms with Crippen LogP contribution in [0.5, 0.6) is 5.75 Å². The van der Waals surface area contributed by atoms with Crippen LogP contribution >= 0.6 is 11.3 Å². The molecule has 0 spiro atoms. The summed E-state index contributed by atoms with van der Waals surface area (Å²) in [6.45, 7) is 1.86. The molecule has 0 atom stereocenters. The maximum Gasteiger partial charge on any atom is 0.246 e. The molecule has 1 aliphatic rings. The summed E-state index contributed by atoms with van der Waals surface area (Å²) in [4.78, 5) is 15.9. The molecule has 146 valence electrons. The van der Waals surface area contributed by atoms with Gasteiger partial charge in [0.05, 0.1) is 13.7 Å².